The predicted molar refractivity (Wildman–Crippen MR) is 104 cm³/mol. The van der Waals surface area contributed by atoms with Crippen LogP contribution in [0.5, 0.6) is 0 Å². The van der Waals surface area contributed by atoms with Gasteiger partial charge in [-0.3, -0.25) is 4.79 Å². The highest BCUT2D eigenvalue weighted by Crippen LogP contribution is 2.40. The van der Waals surface area contributed by atoms with Crippen LogP contribution in [0, 0.1) is 6.92 Å². The van der Waals surface area contributed by atoms with Crippen LogP contribution in [0.1, 0.15) is 34.3 Å². The van der Waals surface area contributed by atoms with Crippen molar-refractivity contribution >= 4 is 49.2 Å². The van der Waals surface area contributed by atoms with Crippen molar-refractivity contribution in [3.8, 4) is 0 Å². The third kappa shape index (κ3) is 3.02. The Morgan fingerprint density at radius 3 is 2.96 bits per heavy atom. The van der Waals surface area contributed by atoms with Crippen LogP contribution in [0.15, 0.2) is 28.7 Å². The number of primary amides is 1. The Bertz CT molecular complexity index is 985. The molecule has 7 heteroatoms. The molecule has 1 atom stereocenters. The number of rotatable bonds is 4. The first-order chi connectivity index (χ1) is 12.0. The van der Waals surface area contributed by atoms with Gasteiger partial charge in [-0.1, -0.05) is 28.1 Å². The Kier molecular flexibility index (Phi) is 4.21. The van der Waals surface area contributed by atoms with Crippen molar-refractivity contribution in [1.29, 1.82) is 0 Å². The van der Waals surface area contributed by atoms with E-state index >= 15 is 0 Å². The van der Waals surface area contributed by atoms with Gasteiger partial charge in [-0.25, -0.2) is 9.97 Å². The number of nitrogens with one attached hydrogen (secondary N) is 1. The first-order valence-corrected chi connectivity index (χ1v) is 9.74. The fraction of sp³-hybridized carbons (Fsp3) is 0.278. The molecule has 0 saturated carbocycles. The molecule has 5 nitrogen and oxygen atoms in total. The Hall–Kier alpha value is -1.99. The molecule has 0 unspecified atom stereocenters. The average Bonchev–Trinajstić information content (AvgIpc) is 3.12. The minimum Gasteiger partial charge on any atom is -0.368 e. The van der Waals surface area contributed by atoms with Crippen molar-refractivity contribution < 1.29 is 4.79 Å². The molecule has 1 aliphatic rings. The topological polar surface area (TPSA) is 80.9 Å². The second kappa shape index (κ2) is 6.38. The molecule has 0 saturated heterocycles. The maximum Gasteiger partial charge on any atom is 0.244 e. The summed E-state index contributed by atoms with van der Waals surface area (Å²) in [7, 11) is 0. The summed E-state index contributed by atoms with van der Waals surface area (Å²) < 4.78 is 0.901. The molecule has 0 bridgehead atoms. The molecular formula is C18H17BrN4OS. The van der Waals surface area contributed by atoms with Crippen LogP contribution < -0.4 is 11.1 Å². The molecule has 1 aromatic carbocycles. The summed E-state index contributed by atoms with van der Waals surface area (Å²) >= 11 is 5.18. The Morgan fingerprint density at radius 1 is 1.36 bits per heavy atom. The number of aryl methyl sites for hydroxylation is 3. The highest BCUT2D eigenvalue weighted by molar-refractivity contribution is 9.10. The fourth-order valence-corrected chi connectivity index (χ4v) is 5.07. The van der Waals surface area contributed by atoms with Crippen LogP contribution in [0.25, 0.3) is 10.2 Å². The molecule has 128 valence electrons. The van der Waals surface area contributed by atoms with Crippen molar-refractivity contribution in [1.82, 2.24) is 9.97 Å². The highest BCUT2D eigenvalue weighted by atomic mass is 79.9. The quantitative estimate of drug-likeness (QED) is 0.675. The van der Waals surface area contributed by atoms with E-state index < -0.39 is 11.9 Å². The van der Waals surface area contributed by atoms with Gasteiger partial charge < -0.3 is 11.1 Å². The van der Waals surface area contributed by atoms with Gasteiger partial charge in [0.15, 0.2) is 0 Å². The third-order valence-corrected chi connectivity index (χ3v) is 6.10. The normalized spacial score (nSPS) is 14.5. The summed E-state index contributed by atoms with van der Waals surface area (Å²) in [4.78, 5) is 23.6. The lowest BCUT2D eigenvalue weighted by Crippen LogP contribution is -2.28. The van der Waals surface area contributed by atoms with Crippen molar-refractivity contribution in [2.45, 2.75) is 32.2 Å². The molecule has 2 aromatic heterocycles. The SMILES string of the molecule is Cc1nc(N[C@H](C(N)=O)c2cccc(Br)c2)c2c3c(sc2n1)CCC3. The van der Waals surface area contributed by atoms with Crippen LogP contribution in [0.4, 0.5) is 5.82 Å². The Balaban J connectivity index is 1.82. The van der Waals surface area contributed by atoms with E-state index in [4.69, 9.17) is 5.73 Å². The Morgan fingerprint density at radius 2 is 2.20 bits per heavy atom. The maximum atomic E-state index is 12.1. The zero-order valence-corrected chi connectivity index (χ0v) is 16.1. The van der Waals surface area contributed by atoms with Gasteiger partial charge in [-0.2, -0.15) is 0 Å². The number of fused-ring (bicyclic) bond motifs is 3. The third-order valence-electron chi connectivity index (χ3n) is 4.42. The van der Waals surface area contributed by atoms with E-state index in [-0.39, 0.29) is 0 Å². The minimum absolute atomic E-state index is 0.436. The molecule has 0 fully saturated rings. The number of carbonyl (C=O) groups excluding carboxylic acids is 1. The van der Waals surface area contributed by atoms with Crippen LogP contribution in [-0.2, 0) is 17.6 Å². The Labute approximate surface area is 157 Å². The summed E-state index contributed by atoms with van der Waals surface area (Å²) in [5, 5.41) is 4.33. The molecular weight excluding hydrogens is 400 g/mol. The van der Waals surface area contributed by atoms with Gasteiger partial charge in [0.05, 0.1) is 5.39 Å². The number of amides is 1. The van der Waals surface area contributed by atoms with E-state index in [1.165, 1.54) is 10.4 Å². The number of nitrogens with two attached hydrogens (primary N) is 1. The van der Waals surface area contributed by atoms with Crippen molar-refractivity contribution in [2.75, 3.05) is 5.32 Å². The number of hydrogen-bond donors (Lipinski definition) is 2. The van der Waals surface area contributed by atoms with E-state index in [9.17, 15) is 4.79 Å². The molecule has 4 rings (SSSR count). The van der Waals surface area contributed by atoms with E-state index in [1.54, 1.807) is 11.3 Å². The van der Waals surface area contributed by atoms with Gasteiger partial charge in [0, 0.05) is 9.35 Å². The van der Waals surface area contributed by atoms with Crippen LogP contribution in [0.3, 0.4) is 0 Å². The highest BCUT2D eigenvalue weighted by Gasteiger charge is 2.25. The van der Waals surface area contributed by atoms with Gasteiger partial charge in [-0.05, 0) is 49.4 Å². The number of aromatic nitrogens is 2. The van der Waals surface area contributed by atoms with Gasteiger partial charge in [-0.15, -0.1) is 11.3 Å². The summed E-state index contributed by atoms with van der Waals surface area (Å²) in [6.07, 6.45) is 3.30. The monoisotopic (exact) mass is 416 g/mol. The van der Waals surface area contributed by atoms with E-state index in [0.29, 0.717) is 11.6 Å². The molecule has 25 heavy (non-hydrogen) atoms. The van der Waals surface area contributed by atoms with E-state index in [2.05, 4.69) is 31.2 Å². The molecule has 0 aliphatic heterocycles. The molecule has 2 heterocycles. The maximum absolute atomic E-state index is 12.1. The number of carbonyl (C=O) groups is 1. The number of anilines is 1. The first-order valence-electron chi connectivity index (χ1n) is 8.13. The number of halogens is 1. The largest absolute Gasteiger partial charge is 0.368 e. The van der Waals surface area contributed by atoms with Crippen LogP contribution in [-0.4, -0.2) is 15.9 Å². The molecule has 3 N–H and O–H groups in total. The van der Waals surface area contributed by atoms with Gasteiger partial charge >= 0.3 is 0 Å². The molecule has 3 aromatic rings. The standard InChI is InChI=1S/C18H17BrN4OS/c1-9-21-17(14-12-6-3-7-13(12)25-18(14)22-9)23-15(16(20)24)10-4-2-5-11(19)8-10/h2,4-5,8,15H,3,6-7H2,1H3,(H2,20,24)(H,21,22,23)/t15-/m0/s1. The second-order valence-electron chi connectivity index (χ2n) is 6.19. The summed E-state index contributed by atoms with van der Waals surface area (Å²) in [5.41, 5.74) is 7.80. The van der Waals surface area contributed by atoms with Crippen molar-refractivity contribution in [3.05, 3.63) is 50.6 Å². The lowest BCUT2D eigenvalue weighted by Gasteiger charge is -2.18. The lowest BCUT2D eigenvalue weighted by atomic mass is 10.1. The average molecular weight is 417 g/mol. The van der Waals surface area contributed by atoms with Gasteiger partial charge in [0.1, 0.15) is 22.5 Å². The summed E-state index contributed by atoms with van der Waals surface area (Å²) in [6, 6.07) is 6.94. The summed E-state index contributed by atoms with van der Waals surface area (Å²) in [5.74, 6) is 0.951. The molecule has 0 spiro atoms. The fourth-order valence-electron chi connectivity index (χ4n) is 3.35. The summed E-state index contributed by atoms with van der Waals surface area (Å²) in [6.45, 7) is 1.87. The zero-order chi connectivity index (χ0) is 17.6. The van der Waals surface area contributed by atoms with Crippen LogP contribution >= 0.6 is 27.3 Å². The second-order valence-corrected chi connectivity index (χ2v) is 8.19. The molecule has 1 aliphatic carbocycles. The molecule has 1 amide bonds. The first kappa shape index (κ1) is 16.5. The number of benzene rings is 1. The van der Waals surface area contributed by atoms with Crippen LogP contribution in [0.2, 0.25) is 0 Å². The predicted octanol–water partition coefficient (Wildman–Crippen LogP) is 3.89. The van der Waals surface area contributed by atoms with Gasteiger partial charge in [0.2, 0.25) is 5.91 Å². The van der Waals surface area contributed by atoms with E-state index in [1.807, 2.05) is 31.2 Å². The number of thiophene rings is 1. The smallest absolute Gasteiger partial charge is 0.244 e. The minimum atomic E-state index is -0.646. The molecule has 0 radical (unpaired) electrons. The number of nitrogens with zero attached hydrogens (tertiary/aromatic N) is 2. The zero-order valence-electron chi connectivity index (χ0n) is 13.7. The van der Waals surface area contributed by atoms with Crippen molar-refractivity contribution in [3.63, 3.8) is 0 Å². The number of hydrogen-bond acceptors (Lipinski definition) is 5. The van der Waals surface area contributed by atoms with E-state index in [0.717, 1.165) is 39.5 Å². The van der Waals surface area contributed by atoms with Gasteiger partial charge in [0.25, 0.3) is 0 Å². The lowest BCUT2D eigenvalue weighted by molar-refractivity contribution is -0.118. The van der Waals surface area contributed by atoms with Crippen molar-refractivity contribution in [2.24, 2.45) is 5.73 Å².